The third-order valence-electron chi connectivity index (χ3n) is 1.21. The molecule has 0 spiro atoms. The van der Waals surface area contributed by atoms with Gasteiger partial charge in [0.15, 0.2) is 0 Å². The van der Waals surface area contributed by atoms with Crippen molar-refractivity contribution in [3.8, 4) is 0 Å². The summed E-state index contributed by atoms with van der Waals surface area (Å²) in [6, 6.07) is 0. The first-order valence-corrected chi connectivity index (χ1v) is 3.87. The van der Waals surface area contributed by atoms with E-state index in [0.29, 0.717) is 0 Å². The predicted octanol–water partition coefficient (Wildman–Crippen LogP) is 0.474. The molecule has 2 N–H and O–H groups in total. The van der Waals surface area contributed by atoms with Crippen LogP contribution in [0.15, 0.2) is 0 Å². The highest BCUT2D eigenvalue weighted by Crippen LogP contribution is 1.78. The number of hydrogen-bond acceptors (Lipinski definition) is 3. The molecule has 0 aliphatic rings. The van der Waals surface area contributed by atoms with Gasteiger partial charge < -0.3 is 4.90 Å². The van der Waals surface area contributed by atoms with Crippen molar-refractivity contribution in [3.05, 3.63) is 0 Å². The molecular formula is C7H20ClN3. The van der Waals surface area contributed by atoms with Crippen LogP contribution in [-0.4, -0.2) is 38.6 Å². The molecule has 0 saturated heterocycles. The summed E-state index contributed by atoms with van der Waals surface area (Å²) in [5.41, 5.74) is 6.17. The lowest BCUT2D eigenvalue weighted by Crippen LogP contribution is -2.33. The van der Waals surface area contributed by atoms with Crippen molar-refractivity contribution in [2.75, 3.05) is 33.7 Å². The molecule has 0 saturated carbocycles. The largest absolute Gasteiger partial charge is 0.309 e. The van der Waals surface area contributed by atoms with Crippen LogP contribution in [0.1, 0.15) is 13.3 Å². The molecule has 70 valence electrons. The molecule has 0 aromatic carbocycles. The first-order valence-electron chi connectivity index (χ1n) is 3.87. The Labute approximate surface area is 75.9 Å². The predicted molar refractivity (Wildman–Crippen MR) is 52.1 cm³/mol. The first kappa shape index (κ1) is 13.7. The SMILES string of the molecule is CCNNCCCN(C)C.Cl. The molecule has 4 heteroatoms. The van der Waals surface area contributed by atoms with Gasteiger partial charge in [0.1, 0.15) is 0 Å². The van der Waals surface area contributed by atoms with Gasteiger partial charge in [-0.2, -0.15) is 0 Å². The summed E-state index contributed by atoms with van der Waals surface area (Å²) in [6.45, 7) is 5.27. The third-order valence-corrected chi connectivity index (χ3v) is 1.21. The van der Waals surface area contributed by atoms with Gasteiger partial charge in [0.25, 0.3) is 0 Å². The minimum Gasteiger partial charge on any atom is -0.309 e. The number of nitrogens with one attached hydrogen (secondary N) is 2. The summed E-state index contributed by atoms with van der Waals surface area (Å²) < 4.78 is 0. The molecular weight excluding hydrogens is 162 g/mol. The molecule has 0 rings (SSSR count). The van der Waals surface area contributed by atoms with Crippen LogP contribution in [0.2, 0.25) is 0 Å². The van der Waals surface area contributed by atoms with Gasteiger partial charge in [0.2, 0.25) is 0 Å². The van der Waals surface area contributed by atoms with Gasteiger partial charge in [0, 0.05) is 13.1 Å². The van der Waals surface area contributed by atoms with Gasteiger partial charge in [-0.3, -0.25) is 10.9 Å². The zero-order valence-corrected chi connectivity index (χ0v) is 8.50. The maximum Gasteiger partial charge on any atom is 0.0112 e. The Morgan fingerprint density at radius 3 is 2.27 bits per heavy atom. The minimum absolute atomic E-state index is 0. The molecule has 0 aromatic heterocycles. The van der Waals surface area contributed by atoms with Crippen LogP contribution in [-0.2, 0) is 0 Å². The molecule has 0 atom stereocenters. The van der Waals surface area contributed by atoms with Crippen molar-refractivity contribution < 1.29 is 0 Å². The number of hydrogen-bond donors (Lipinski definition) is 2. The summed E-state index contributed by atoms with van der Waals surface area (Å²) in [4.78, 5) is 2.19. The summed E-state index contributed by atoms with van der Waals surface area (Å²) in [7, 11) is 4.18. The third kappa shape index (κ3) is 13.2. The van der Waals surface area contributed by atoms with E-state index in [2.05, 4.69) is 36.8 Å². The number of nitrogens with zero attached hydrogens (tertiary/aromatic N) is 1. The molecule has 0 aromatic rings. The quantitative estimate of drug-likeness (QED) is 0.461. The van der Waals surface area contributed by atoms with Crippen LogP contribution in [0, 0.1) is 0 Å². The van der Waals surface area contributed by atoms with Gasteiger partial charge in [-0.1, -0.05) is 6.92 Å². The van der Waals surface area contributed by atoms with Crippen molar-refractivity contribution in [2.45, 2.75) is 13.3 Å². The number of halogens is 1. The maximum atomic E-state index is 3.11. The van der Waals surface area contributed by atoms with Gasteiger partial charge in [0.05, 0.1) is 0 Å². The molecule has 0 heterocycles. The van der Waals surface area contributed by atoms with Crippen LogP contribution in [0.3, 0.4) is 0 Å². The fraction of sp³-hybridized carbons (Fsp3) is 1.00. The van der Waals surface area contributed by atoms with Crippen LogP contribution >= 0.6 is 12.4 Å². The topological polar surface area (TPSA) is 27.3 Å². The van der Waals surface area contributed by atoms with E-state index in [1.165, 1.54) is 6.42 Å². The highest BCUT2D eigenvalue weighted by atomic mass is 35.5. The Morgan fingerprint density at radius 1 is 1.18 bits per heavy atom. The Morgan fingerprint density at radius 2 is 1.82 bits per heavy atom. The molecule has 0 aliphatic carbocycles. The number of hydrazine groups is 1. The molecule has 0 bridgehead atoms. The molecule has 0 amide bonds. The average molecular weight is 182 g/mol. The van der Waals surface area contributed by atoms with E-state index >= 15 is 0 Å². The lowest BCUT2D eigenvalue weighted by molar-refractivity contribution is 0.387. The Kier molecular flexibility index (Phi) is 12.7. The second-order valence-electron chi connectivity index (χ2n) is 2.61. The van der Waals surface area contributed by atoms with Gasteiger partial charge in [-0.15, -0.1) is 12.4 Å². The second-order valence-corrected chi connectivity index (χ2v) is 2.61. The zero-order chi connectivity index (χ0) is 7.82. The highest BCUT2D eigenvalue weighted by Gasteiger charge is 1.88. The molecule has 0 unspecified atom stereocenters. The van der Waals surface area contributed by atoms with Crippen LogP contribution in [0.25, 0.3) is 0 Å². The molecule has 0 aliphatic heterocycles. The van der Waals surface area contributed by atoms with E-state index in [4.69, 9.17) is 0 Å². The fourth-order valence-electron chi connectivity index (χ4n) is 0.697. The fourth-order valence-corrected chi connectivity index (χ4v) is 0.697. The van der Waals surface area contributed by atoms with Gasteiger partial charge in [-0.05, 0) is 27.1 Å². The second kappa shape index (κ2) is 10.2. The summed E-state index contributed by atoms with van der Waals surface area (Å²) in [5.74, 6) is 0. The molecule has 0 fully saturated rings. The zero-order valence-electron chi connectivity index (χ0n) is 7.68. The van der Waals surface area contributed by atoms with Crippen molar-refractivity contribution in [1.29, 1.82) is 0 Å². The minimum atomic E-state index is 0. The van der Waals surface area contributed by atoms with E-state index < -0.39 is 0 Å². The van der Waals surface area contributed by atoms with Crippen LogP contribution in [0.4, 0.5) is 0 Å². The van der Waals surface area contributed by atoms with Crippen LogP contribution in [0.5, 0.6) is 0 Å². The van der Waals surface area contributed by atoms with Crippen molar-refractivity contribution in [3.63, 3.8) is 0 Å². The molecule has 3 nitrogen and oxygen atoms in total. The van der Waals surface area contributed by atoms with E-state index in [1.54, 1.807) is 0 Å². The van der Waals surface area contributed by atoms with Gasteiger partial charge >= 0.3 is 0 Å². The van der Waals surface area contributed by atoms with E-state index in [0.717, 1.165) is 19.6 Å². The maximum absolute atomic E-state index is 3.11. The van der Waals surface area contributed by atoms with E-state index in [-0.39, 0.29) is 12.4 Å². The van der Waals surface area contributed by atoms with Crippen LogP contribution < -0.4 is 10.9 Å². The Bertz CT molecular complexity index is 68.7. The lowest BCUT2D eigenvalue weighted by Gasteiger charge is -2.09. The lowest BCUT2D eigenvalue weighted by atomic mass is 10.4. The summed E-state index contributed by atoms with van der Waals surface area (Å²) in [6.07, 6.45) is 1.19. The Balaban J connectivity index is 0. The first-order chi connectivity index (χ1) is 4.77. The molecule has 0 radical (unpaired) electrons. The smallest absolute Gasteiger partial charge is 0.0112 e. The van der Waals surface area contributed by atoms with Gasteiger partial charge in [-0.25, -0.2) is 0 Å². The van der Waals surface area contributed by atoms with Crippen molar-refractivity contribution in [1.82, 2.24) is 15.8 Å². The van der Waals surface area contributed by atoms with E-state index in [9.17, 15) is 0 Å². The monoisotopic (exact) mass is 181 g/mol. The van der Waals surface area contributed by atoms with E-state index in [1.807, 2.05) is 0 Å². The summed E-state index contributed by atoms with van der Waals surface area (Å²) >= 11 is 0. The number of rotatable bonds is 6. The normalized spacial score (nSPS) is 9.82. The molecule has 11 heavy (non-hydrogen) atoms. The average Bonchev–Trinajstić information content (AvgIpc) is 1.87. The Hall–Kier alpha value is 0.170. The van der Waals surface area contributed by atoms with Crippen molar-refractivity contribution >= 4 is 12.4 Å². The summed E-state index contributed by atoms with van der Waals surface area (Å²) in [5, 5.41) is 0. The highest BCUT2D eigenvalue weighted by molar-refractivity contribution is 5.85. The standard InChI is InChI=1S/C7H19N3.ClH/c1-4-8-9-6-5-7-10(2)3;/h8-9H,4-7H2,1-3H3;1H. The van der Waals surface area contributed by atoms with Crippen molar-refractivity contribution in [2.24, 2.45) is 0 Å².